The van der Waals surface area contributed by atoms with Crippen molar-refractivity contribution in [1.29, 1.82) is 0 Å². The van der Waals surface area contributed by atoms with Crippen molar-refractivity contribution in [3.8, 4) is 0 Å². The predicted molar refractivity (Wildman–Crippen MR) is 96.6 cm³/mol. The molecule has 0 unspecified atom stereocenters. The molecule has 0 aromatic carbocycles. The molecule has 0 bridgehead atoms. The van der Waals surface area contributed by atoms with Crippen LogP contribution in [0, 0.1) is 0 Å². The summed E-state index contributed by atoms with van der Waals surface area (Å²) in [6, 6.07) is 0.287. The fraction of sp³-hybridized carbons (Fsp3) is 0.706. The smallest absolute Gasteiger partial charge is 0.254 e. The van der Waals surface area contributed by atoms with Crippen LogP contribution in [0.5, 0.6) is 0 Å². The highest BCUT2D eigenvalue weighted by Crippen LogP contribution is 2.23. The van der Waals surface area contributed by atoms with Crippen molar-refractivity contribution in [1.82, 2.24) is 9.97 Å². The lowest BCUT2D eigenvalue weighted by Gasteiger charge is -2.28. The summed E-state index contributed by atoms with van der Waals surface area (Å²) in [5.41, 5.74) is 4.84. The van der Waals surface area contributed by atoms with E-state index in [1.165, 1.54) is 6.20 Å². The van der Waals surface area contributed by atoms with E-state index in [1.54, 1.807) is 21.0 Å². The van der Waals surface area contributed by atoms with E-state index in [-0.39, 0.29) is 11.6 Å². The minimum absolute atomic E-state index is 0.240. The number of nitrogens with two attached hydrogens (primary N) is 1. The molecule has 1 aliphatic rings. The first kappa shape index (κ1) is 19.4. The van der Waals surface area contributed by atoms with Gasteiger partial charge in [0.2, 0.25) is 5.95 Å². The zero-order valence-electron chi connectivity index (χ0n) is 15.2. The molecule has 5 N–H and O–H groups in total. The fourth-order valence-electron chi connectivity index (χ4n) is 2.88. The van der Waals surface area contributed by atoms with Gasteiger partial charge in [0.25, 0.3) is 5.91 Å². The van der Waals surface area contributed by atoms with Crippen molar-refractivity contribution in [2.45, 2.75) is 63.7 Å². The van der Waals surface area contributed by atoms with Gasteiger partial charge >= 0.3 is 0 Å². The van der Waals surface area contributed by atoms with Gasteiger partial charge in [-0.3, -0.25) is 4.79 Å². The van der Waals surface area contributed by atoms with Gasteiger partial charge < -0.3 is 26.2 Å². The summed E-state index contributed by atoms with van der Waals surface area (Å²) < 4.78 is 5.38. The van der Waals surface area contributed by atoms with Crippen molar-refractivity contribution in [3.05, 3.63) is 11.8 Å². The second-order valence-corrected chi connectivity index (χ2v) is 7.16. The summed E-state index contributed by atoms with van der Waals surface area (Å²) in [6.07, 6.45) is 6.26. The fourth-order valence-corrected chi connectivity index (χ4v) is 2.88. The standard InChI is InChI=1S/C17H29N5O3/c1-17(2,24)8-9-19-15-13(14(18)23)10-20-16(22-15)21-11-4-6-12(25-3)7-5-11/h10-12,24H,4-9H2,1-3H3,(H2,18,23)(H2,19,20,21,22). The topological polar surface area (TPSA) is 122 Å². The Kier molecular flexibility index (Phi) is 6.55. The molecule has 0 atom stereocenters. The Labute approximate surface area is 148 Å². The van der Waals surface area contributed by atoms with Gasteiger partial charge in [-0.25, -0.2) is 4.98 Å². The molecule has 1 heterocycles. The van der Waals surface area contributed by atoms with E-state index in [2.05, 4.69) is 20.6 Å². The molecule has 0 spiro atoms. The lowest BCUT2D eigenvalue weighted by Crippen LogP contribution is -2.30. The predicted octanol–water partition coefficient (Wildman–Crippen LogP) is 1.52. The monoisotopic (exact) mass is 351 g/mol. The molecule has 1 aromatic rings. The molecule has 0 saturated heterocycles. The van der Waals surface area contributed by atoms with E-state index in [1.807, 2.05) is 0 Å². The minimum Gasteiger partial charge on any atom is -0.390 e. The molecule has 2 rings (SSSR count). The van der Waals surface area contributed by atoms with Gasteiger partial charge in [-0.05, 0) is 46.0 Å². The molecule has 25 heavy (non-hydrogen) atoms. The zero-order valence-corrected chi connectivity index (χ0v) is 15.2. The first-order valence-electron chi connectivity index (χ1n) is 8.71. The van der Waals surface area contributed by atoms with Crippen LogP contribution in [0.3, 0.4) is 0 Å². The van der Waals surface area contributed by atoms with E-state index < -0.39 is 11.5 Å². The van der Waals surface area contributed by atoms with E-state index in [9.17, 15) is 9.90 Å². The number of carbonyl (C=O) groups is 1. The van der Waals surface area contributed by atoms with E-state index in [0.29, 0.717) is 30.8 Å². The lowest BCUT2D eigenvalue weighted by molar-refractivity contribution is 0.0681. The summed E-state index contributed by atoms with van der Waals surface area (Å²) in [6.45, 7) is 3.93. The number of hydrogen-bond donors (Lipinski definition) is 4. The van der Waals surface area contributed by atoms with Crippen LogP contribution in [-0.4, -0.2) is 52.4 Å². The molecule has 1 aromatic heterocycles. The van der Waals surface area contributed by atoms with Crippen molar-refractivity contribution in [2.24, 2.45) is 5.73 Å². The van der Waals surface area contributed by atoms with Crippen LogP contribution < -0.4 is 16.4 Å². The summed E-state index contributed by atoms with van der Waals surface area (Å²) in [5.74, 6) is 0.273. The number of nitrogens with one attached hydrogen (secondary N) is 2. The largest absolute Gasteiger partial charge is 0.390 e. The molecule has 0 radical (unpaired) electrons. The van der Waals surface area contributed by atoms with Gasteiger partial charge in [0, 0.05) is 25.9 Å². The summed E-state index contributed by atoms with van der Waals surface area (Å²) in [7, 11) is 1.75. The first-order chi connectivity index (χ1) is 11.8. The molecule has 1 amide bonds. The van der Waals surface area contributed by atoms with Crippen LogP contribution in [0.4, 0.5) is 11.8 Å². The van der Waals surface area contributed by atoms with Crippen molar-refractivity contribution in [3.63, 3.8) is 0 Å². The third-order valence-electron chi connectivity index (χ3n) is 4.42. The average Bonchev–Trinajstić information content (AvgIpc) is 2.54. The maximum atomic E-state index is 11.6. The van der Waals surface area contributed by atoms with Crippen LogP contribution in [0.25, 0.3) is 0 Å². The van der Waals surface area contributed by atoms with E-state index in [0.717, 1.165) is 25.7 Å². The molecule has 0 aliphatic heterocycles. The van der Waals surface area contributed by atoms with Gasteiger partial charge in [-0.1, -0.05) is 0 Å². The quantitative estimate of drug-likeness (QED) is 0.560. The summed E-state index contributed by atoms with van der Waals surface area (Å²) in [5, 5.41) is 16.2. The second-order valence-electron chi connectivity index (χ2n) is 7.16. The highest BCUT2D eigenvalue weighted by Gasteiger charge is 2.22. The molecular formula is C17H29N5O3. The number of amides is 1. The van der Waals surface area contributed by atoms with Crippen LogP contribution in [-0.2, 0) is 4.74 Å². The Balaban J connectivity index is 2.02. The Morgan fingerprint density at radius 3 is 2.64 bits per heavy atom. The molecule has 1 aliphatic carbocycles. The molecule has 1 fully saturated rings. The highest BCUT2D eigenvalue weighted by molar-refractivity contribution is 5.97. The van der Waals surface area contributed by atoms with Crippen LogP contribution in [0.2, 0.25) is 0 Å². The molecule has 8 nitrogen and oxygen atoms in total. The van der Waals surface area contributed by atoms with Crippen LogP contribution in [0.15, 0.2) is 6.20 Å². The number of methoxy groups -OCH3 is 1. The highest BCUT2D eigenvalue weighted by atomic mass is 16.5. The Hall–Kier alpha value is -1.93. The van der Waals surface area contributed by atoms with Crippen molar-refractivity contribution < 1.29 is 14.6 Å². The average molecular weight is 351 g/mol. The number of rotatable bonds is 8. The van der Waals surface area contributed by atoms with E-state index >= 15 is 0 Å². The SMILES string of the molecule is COC1CCC(Nc2ncc(C(N)=O)c(NCCC(C)(C)O)n2)CC1. The number of carbonyl (C=O) groups excluding carboxylic acids is 1. The van der Waals surface area contributed by atoms with Gasteiger partial charge in [-0.2, -0.15) is 4.98 Å². The van der Waals surface area contributed by atoms with E-state index in [4.69, 9.17) is 10.5 Å². The second kappa shape index (κ2) is 8.44. The Bertz CT molecular complexity index is 580. The maximum absolute atomic E-state index is 11.6. The molecular weight excluding hydrogens is 322 g/mol. The van der Waals surface area contributed by atoms with Gasteiger partial charge in [0.1, 0.15) is 5.82 Å². The lowest BCUT2D eigenvalue weighted by atomic mass is 9.93. The molecule has 8 heteroatoms. The number of nitrogens with zero attached hydrogens (tertiary/aromatic N) is 2. The molecule has 1 saturated carbocycles. The third-order valence-corrected chi connectivity index (χ3v) is 4.42. The third kappa shape index (κ3) is 6.13. The maximum Gasteiger partial charge on any atom is 0.254 e. The number of primary amides is 1. The summed E-state index contributed by atoms with van der Waals surface area (Å²) in [4.78, 5) is 20.2. The van der Waals surface area contributed by atoms with Crippen molar-refractivity contribution >= 4 is 17.7 Å². The van der Waals surface area contributed by atoms with Crippen LogP contribution >= 0.6 is 0 Å². The molecule has 140 valence electrons. The number of aliphatic hydroxyl groups is 1. The number of hydrogen-bond acceptors (Lipinski definition) is 7. The van der Waals surface area contributed by atoms with Crippen molar-refractivity contribution in [2.75, 3.05) is 24.3 Å². The minimum atomic E-state index is -0.798. The zero-order chi connectivity index (χ0) is 18.4. The Morgan fingerprint density at radius 1 is 1.40 bits per heavy atom. The Morgan fingerprint density at radius 2 is 2.08 bits per heavy atom. The van der Waals surface area contributed by atoms with Gasteiger partial charge in [0.05, 0.1) is 17.3 Å². The van der Waals surface area contributed by atoms with Crippen LogP contribution in [0.1, 0.15) is 56.3 Å². The summed E-state index contributed by atoms with van der Waals surface area (Å²) >= 11 is 0. The first-order valence-corrected chi connectivity index (χ1v) is 8.71. The normalized spacial score (nSPS) is 21.0. The number of aromatic nitrogens is 2. The number of anilines is 2. The van der Waals surface area contributed by atoms with Gasteiger partial charge in [0.15, 0.2) is 0 Å². The van der Waals surface area contributed by atoms with Gasteiger partial charge in [-0.15, -0.1) is 0 Å². The number of ether oxygens (including phenoxy) is 1.